The third kappa shape index (κ3) is 3.80. The van der Waals surface area contributed by atoms with Crippen molar-refractivity contribution in [1.29, 1.82) is 0 Å². The standard InChI is InChI=1S/C16H24N2O/c1-13(16(19)17-2)18-10-8-15(9-11-18)12-14-6-4-3-5-7-14/h3-7,13,15H,8-12H2,1-2H3,(H,17,19)/p+1/t13-/m1/s1. The second-order valence-corrected chi connectivity index (χ2v) is 5.63. The summed E-state index contributed by atoms with van der Waals surface area (Å²) in [6.07, 6.45) is 3.64. The van der Waals surface area contributed by atoms with Crippen molar-refractivity contribution in [1.82, 2.24) is 5.32 Å². The number of hydrogen-bond donors (Lipinski definition) is 2. The molecule has 0 saturated carbocycles. The summed E-state index contributed by atoms with van der Waals surface area (Å²) in [5.74, 6) is 0.944. The molecule has 0 radical (unpaired) electrons. The minimum absolute atomic E-state index is 0.0858. The van der Waals surface area contributed by atoms with Crippen LogP contribution < -0.4 is 10.2 Å². The van der Waals surface area contributed by atoms with Crippen molar-refractivity contribution in [2.45, 2.75) is 32.2 Å². The quantitative estimate of drug-likeness (QED) is 0.820. The number of carbonyl (C=O) groups excluding carboxylic acids is 1. The fraction of sp³-hybridized carbons (Fsp3) is 0.562. The summed E-state index contributed by atoms with van der Waals surface area (Å²) in [6, 6.07) is 10.8. The Kier molecular flexibility index (Phi) is 4.97. The molecule has 3 nitrogen and oxygen atoms in total. The average Bonchev–Trinajstić information content (AvgIpc) is 2.47. The topological polar surface area (TPSA) is 33.5 Å². The van der Waals surface area contributed by atoms with Gasteiger partial charge in [-0.1, -0.05) is 30.3 Å². The third-order valence-electron chi connectivity index (χ3n) is 4.37. The normalized spacial score (nSPS) is 24.7. The predicted octanol–water partition coefficient (Wildman–Crippen LogP) is 0.659. The van der Waals surface area contributed by atoms with Crippen LogP contribution in [-0.4, -0.2) is 32.1 Å². The number of rotatable bonds is 4. The fourth-order valence-electron chi connectivity index (χ4n) is 3.03. The first kappa shape index (κ1) is 14.1. The van der Waals surface area contributed by atoms with Crippen LogP contribution in [-0.2, 0) is 11.2 Å². The maximum absolute atomic E-state index is 11.7. The summed E-state index contributed by atoms with van der Waals surface area (Å²) in [4.78, 5) is 13.1. The SMILES string of the molecule is CNC(=O)[C@@H](C)[NH+]1CCC(Cc2ccccc2)CC1. The molecule has 0 bridgehead atoms. The van der Waals surface area contributed by atoms with E-state index >= 15 is 0 Å². The highest BCUT2D eigenvalue weighted by molar-refractivity contribution is 5.79. The van der Waals surface area contributed by atoms with E-state index in [0.29, 0.717) is 0 Å². The summed E-state index contributed by atoms with van der Waals surface area (Å²) < 4.78 is 0. The molecule has 1 atom stereocenters. The van der Waals surface area contributed by atoms with Gasteiger partial charge in [-0.2, -0.15) is 0 Å². The van der Waals surface area contributed by atoms with E-state index in [4.69, 9.17) is 0 Å². The van der Waals surface area contributed by atoms with Crippen LogP contribution >= 0.6 is 0 Å². The van der Waals surface area contributed by atoms with Crippen LogP contribution in [0.1, 0.15) is 25.3 Å². The molecule has 1 heterocycles. The van der Waals surface area contributed by atoms with Crippen molar-refractivity contribution < 1.29 is 9.69 Å². The fourth-order valence-corrected chi connectivity index (χ4v) is 3.03. The van der Waals surface area contributed by atoms with Crippen molar-refractivity contribution in [3.8, 4) is 0 Å². The molecular weight excluding hydrogens is 236 g/mol. The molecule has 1 aliphatic heterocycles. The summed E-state index contributed by atoms with van der Waals surface area (Å²) in [5, 5.41) is 2.75. The zero-order valence-corrected chi connectivity index (χ0v) is 12.0. The largest absolute Gasteiger partial charge is 0.354 e. The maximum Gasteiger partial charge on any atom is 0.277 e. The molecule has 0 aromatic heterocycles. The Balaban J connectivity index is 1.81. The first-order valence-electron chi connectivity index (χ1n) is 7.30. The number of likely N-dealkylation sites (tertiary alicyclic amines) is 1. The van der Waals surface area contributed by atoms with Crippen LogP contribution in [0.25, 0.3) is 0 Å². The number of carbonyl (C=O) groups is 1. The molecule has 2 N–H and O–H groups in total. The Morgan fingerprint density at radius 2 is 1.95 bits per heavy atom. The summed E-state index contributed by atoms with van der Waals surface area (Å²) in [5.41, 5.74) is 1.44. The highest BCUT2D eigenvalue weighted by atomic mass is 16.2. The molecule has 0 aliphatic carbocycles. The second kappa shape index (κ2) is 6.71. The molecule has 1 aromatic carbocycles. The number of amides is 1. The lowest BCUT2D eigenvalue weighted by Crippen LogP contribution is -3.17. The van der Waals surface area contributed by atoms with Gasteiger partial charge in [-0.3, -0.25) is 4.79 Å². The van der Waals surface area contributed by atoms with Crippen LogP contribution in [0.15, 0.2) is 30.3 Å². The van der Waals surface area contributed by atoms with Gasteiger partial charge in [0.05, 0.1) is 13.1 Å². The highest BCUT2D eigenvalue weighted by Gasteiger charge is 2.29. The minimum Gasteiger partial charge on any atom is -0.354 e. The second-order valence-electron chi connectivity index (χ2n) is 5.63. The van der Waals surface area contributed by atoms with Gasteiger partial charge in [0.15, 0.2) is 6.04 Å². The Labute approximate surface area is 116 Å². The average molecular weight is 261 g/mol. The van der Waals surface area contributed by atoms with Gasteiger partial charge in [0, 0.05) is 7.05 Å². The predicted molar refractivity (Wildman–Crippen MR) is 77.1 cm³/mol. The van der Waals surface area contributed by atoms with Crippen LogP contribution in [0.4, 0.5) is 0 Å². The zero-order chi connectivity index (χ0) is 13.7. The molecular formula is C16H25N2O+. The van der Waals surface area contributed by atoms with Gasteiger partial charge in [-0.05, 0) is 37.7 Å². The van der Waals surface area contributed by atoms with Crippen LogP contribution in [0.3, 0.4) is 0 Å². The Morgan fingerprint density at radius 3 is 2.53 bits per heavy atom. The van der Waals surface area contributed by atoms with E-state index in [1.807, 2.05) is 6.92 Å². The van der Waals surface area contributed by atoms with E-state index in [1.54, 1.807) is 7.05 Å². The molecule has 1 saturated heterocycles. The van der Waals surface area contributed by atoms with E-state index in [9.17, 15) is 4.79 Å². The number of likely N-dealkylation sites (N-methyl/N-ethyl adjacent to an activating group) is 1. The Bertz CT molecular complexity index is 396. The smallest absolute Gasteiger partial charge is 0.277 e. The van der Waals surface area contributed by atoms with E-state index in [1.165, 1.54) is 29.7 Å². The highest BCUT2D eigenvalue weighted by Crippen LogP contribution is 2.16. The third-order valence-corrected chi connectivity index (χ3v) is 4.37. The molecule has 3 heteroatoms. The molecule has 104 valence electrons. The van der Waals surface area contributed by atoms with Crippen molar-refractivity contribution in [2.24, 2.45) is 5.92 Å². The molecule has 0 unspecified atom stereocenters. The van der Waals surface area contributed by atoms with Crippen molar-refractivity contribution in [3.05, 3.63) is 35.9 Å². The van der Waals surface area contributed by atoms with Gasteiger partial charge in [0.2, 0.25) is 0 Å². The lowest BCUT2D eigenvalue weighted by atomic mass is 9.89. The van der Waals surface area contributed by atoms with Gasteiger partial charge >= 0.3 is 0 Å². The minimum atomic E-state index is 0.0858. The van der Waals surface area contributed by atoms with E-state index in [2.05, 4.69) is 35.6 Å². The van der Waals surface area contributed by atoms with Gasteiger partial charge in [0.25, 0.3) is 5.91 Å². The molecule has 1 aromatic rings. The monoisotopic (exact) mass is 261 g/mol. The van der Waals surface area contributed by atoms with Crippen LogP contribution in [0.2, 0.25) is 0 Å². The molecule has 1 fully saturated rings. The Morgan fingerprint density at radius 1 is 1.32 bits per heavy atom. The summed E-state index contributed by atoms with van der Waals surface area (Å²) in [7, 11) is 1.72. The molecule has 2 rings (SSSR count). The van der Waals surface area contributed by atoms with Gasteiger partial charge in [-0.15, -0.1) is 0 Å². The van der Waals surface area contributed by atoms with E-state index < -0.39 is 0 Å². The first-order valence-corrected chi connectivity index (χ1v) is 7.30. The van der Waals surface area contributed by atoms with Crippen molar-refractivity contribution in [3.63, 3.8) is 0 Å². The number of hydrogen-bond acceptors (Lipinski definition) is 1. The number of benzene rings is 1. The van der Waals surface area contributed by atoms with E-state index in [-0.39, 0.29) is 11.9 Å². The zero-order valence-electron chi connectivity index (χ0n) is 12.0. The van der Waals surface area contributed by atoms with Gasteiger partial charge < -0.3 is 10.2 Å². The number of piperidine rings is 1. The van der Waals surface area contributed by atoms with E-state index in [0.717, 1.165) is 19.0 Å². The lowest BCUT2D eigenvalue weighted by Gasteiger charge is -2.32. The number of nitrogens with one attached hydrogen (secondary N) is 2. The number of quaternary nitrogens is 1. The van der Waals surface area contributed by atoms with Crippen molar-refractivity contribution in [2.75, 3.05) is 20.1 Å². The lowest BCUT2D eigenvalue weighted by molar-refractivity contribution is -0.920. The summed E-state index contributed by atoms with van der Waals surface area (Å²) >= 11 is 0. The molecule has 0 spiro atoms. The Hall–Kier alpha value is -1.35. The first-order chi connectivity index (χ1) is 9.20. The maximum atomic E-state index is 11.7. The van der Waals surface area contributed by atoms with Crippen LogP contribution in [0.5, 0.6) is 0 Å². The summed E-state index contributed by atoms with van der Waals surface area (Å²) in [6.45, 7) is 4.27. The van der Waals surface area contributed by atoms with Gasteiger partial charge in [0.1, 0.15) is 0 Å². The van der Waals surface area contributed by atoms with Gasteiger partial charge in [-0.25, -0.2) is 0 Å². The molecule has 1 amide bonds. The van der Waals surface area contributed by atoms with Crippen molar-refractivity contribution >= 4 is 5.91 Å². The molecule has 1 aliphatic rings. The molecule has 19 heavy (non-hydrogen) atoms. The van der Waals surface area contributed by atoms with Crippen LogP contribution in [0, 0.1) is 5.92 Å².